The van der Waals surface area contributed by atoms with Crippen molar-refractivity contribution in [2.24, 2.45) is 0 Å². The second-order valence-corrected chi connectivity index (χ2v) is 6.75. The monoisotopic (exact) mass is 360 g/mol. The van der Waals surface area contributed by atoms with Crippen molar-refractivity contribution in [3.05, 3.63) is 46.7 Å². The number of piperidine rings is 1. The molecule has 25 heavy (non-hydrogen) atoms. The van der Waals surface area contributed by atoms with Crippen LogP contribution in [0.4, 0.5) is 10.5 Å². The lowest BCUT2D eigenvalue weighted by atomic mass is 10.1. The third-order valence-corrected chi connectivity index (χ3v) is 4.20. The van der Waals surface area contributed by atoms with Crippen LogP contribution in [0, 0.1) is 13.8 Å². The third-order valence-electron chi connectivity index (χ3n) is 4.01. The molecule has 1 N–H and O–H groups in total. The fraction of sp³-hybridized carbons (Fsp3) is 0.389. The number of benzene rings is 1. The van der Waals surface area contributed by atoms with Gasteiger partial charge in [0, 0.05) is 12.2 Å². The number of aromatic nitrogens is 2. The van der Waals surface area contributed by atoms with Crippen LogP contribution in [0.5, 0.6) is 6.01 Å². The van der Waals surface area contributed by atoms with E-state index in [1.54, 1.807) is 4.90 Å². The number of halogens is 1. The molecule has 1 aromatic carbocycles. The van der Waals surface area contributed by atoms with Gasteiger partial charge in [-0.05, 0) is 49.9 Å². The number of aryl methyl sites for hydroxylation is 2. The van der Waals surface area contributed by atoms with Crippen LogP contribution in [0.25, 0.3) is 0 Å². The first-order chi connectivity index (χ1) is 12.0. The first kappa shape index (κ1) is 17.5. The number of carbonyl (C=O) groups is 1. The minimum atomic E-state index is -0.125. The highest BCUT2D eigenvalue weighted by atomic mass is 35.5. The molecule has 7 heteroatoms. The second kappa shape index (κ2) is 7.70. The molecule has 3 rings (SSSR count). The Bertz CT molecular complexity index is 731. The van der Waals surface area contributed by atoms with E-state index in [1.165, 1.54) is 12.4 Å². The summed E-state index contributed by atoms with van der Waals surface area (Å²) in [5.41, 5.74) is 3.05. The van der Waals surface area contributed by atoms with Crippen LogP contribution in [0.2, 0.25) is 5.02 Å². The average molecular weight is 361 g/mol. The quantitative estimate of drug-likeness (QED) is 0.903. The highest BCUT2D eigenvalue weighted by Crippen LogP contribution is 2.19. The van der Waals surface area contributed by atoms with Crippen molar-refractivity contribution in [3.63, 3.8) is 0 Å². The molecule has 1 unspecified atom stereocenters. The van der Waals surface area contributed by atoms with Crippen molar-refractivity contribution >= 4 is 23.3 Å². The van der Waals surface area contributed by atoms with Gasteiger partial charge in [-0.15, -0.1) is 0 Å². The van der Waals surface area contributed by atoms with Gasteiger partial charge in [0.25, 0.3) is 0 Å². The van der Waals surface area contributed by atoms with Crippen molar-refractivity contribution in [1.82, 2.24) is 14.9 Å². The van der Waals surface area contributed by atoms with Gasteiger partial charge in [-0.1, -0.05) is 17.7 Å². The number of carbonyl (C=O) groups excluding carboxylic acids is 1. The number of hydrogen-bond donors (Lipinski definition) is 1. The molecule has 0 spiro atoms. The van der Waals surface area contributed by atoms with E-state index < -0.39 is 0 Å². The SMILES string of the molecule is Cc1cc(C)cc(NC(=O)N2CCCC(Oc3ncc(Cl)cn3)C2)c1. The summed E-state index contributed by atoms with van der Waals surface area (Å²) in [6.45, 7) is 5.24. The summed E-state index contributed by atoms with van der Waals surface area (Å²) >= 11 is 5.78. The van der Waals surface area contributed by atoms with Crippen LogP contribution in [-0.2, 0) is 0 Å². The zero-order valence-electron chi connectivity index (χ0n) is 14.3. The smallest absolute Gasteiger partial charge is 0.321 e. The number of nitrogens with zero attached hydrogens (tertiary/aromatic N) is 3. The Morgan fingerprint density at radius 1 is 1.24 bits per heavy atom. The zero-order chi connectivity index (χ0) is 17.8. The van der Waals surface area contributed by atoms with Crippen LogP contribution in [0.3, 0.4) is 0 Å². The van der Waals surface area contributed by atoms with E-state index in [9.17, 15) is 4.79 Å². The Hall–Kier alpha value is -2.34. The molecule has 1 aromatic heterocycles. The molecule has 1 aliphatic heterocycles. The summed E-state index contributed by atoms with van der Waals surface area (Å²) in [6.07, 6.45) is 4.60. The summed E-state index contributed by atoms with van der Waals surface area (Å²) in [4.78, 5) is 22.4. The molecule has 0 aliphatic carbocycles. The normalized spacial score (nSPS) is 17.2. The first-order valence-corrected chi connectivity index (χ1v) is 8.66. The van der Waals surface area contributed by atoms with Crippen molar-refractivity contribution in [1.29, 1.82) is 0 Å². The molecule has 1 aliphatic rings. The largest absolute Gasteiger partial charge is 0.458 e. The third kappa shape index (κ3) is 4.82. The topological polar surface area (TPSA) is 67.4 Å². The highest BCUT2D eigenvalue weighted by Gasteiger charge is 2.25. The van der Waals surface area contributed by atoms with Gasteiger partial charge < -0.3 is 15.0 Å². The number of likely N-dealkylation sites (tertiary alicyclic amines) is 1. The molecular weight excluding hydrogens is 340 g/mol. The maximum atomic E-state index is 12.5. The lowest BCUT2D eigenvalue weighted by Gasteiger charge is -2.32. The number of anilines is 1. The minimum Gasteiger partial charge on any atom is -0.458 e. The molecule has 0 saturated carbocycles. The summed E-state index contributed by atoms with van der Waals surface area (Å²) in [5.74, 6) is 0. The van der Waals surface area contributed by atoms with Crippen LogP contribution >= 0.6 is 11.6 Å². The lowest BCUT2D eigenvalue weighted by Crippen LogP contribution is -2.46. The van der Waals surface area contributed by atoms with Gasteiger partial charge >= 0.3 is 12.0 Å². The van der Waals surface area contributed by atoms with Gasteiger partial charge in [-0.3, -0.25) is 0 Å². The van der Waals surface area contributed by atoms with Crippen molar-refractivity contribution in [2.45, 2.75) is 32.8 Å². The molecule has 1 fully saturated rings. The van der Waals surface area contributed by atoms with Gasteiger partial charge in [0.1, 0.15) is 6.10 Å². The number of ether oxygens (including phenoxy) is 1. The average Bonchev–Trinajstić information content (AvgIpc) is 2.56. The van der Waals surface area contributed by atoms with Crippen molar-refractivity contribution in [2.75, 3.05) is 18.4 Å². The Kier molecular flexibility index (Phi) is 5.38. The van der Waals surface area contributed by atoms with E-state index in [4.69, 9.17) is 16.3 Å². The molecule has 2 heterocycles. The Morgan fingerprint density at radius 3 is 2.60 bits per heavy atom. The van der Waals surface area contributed by atoms with Crippen LogP contribution in [-0.4, -0.2) is 40.1 Å². The van der Waals surface area contributed by atoms with Crippen LogP contribution in [0.1, 0.15) is 24.0 Å². The molecule has 1 saturated heterocycles. The summed E-state index contributed by atoms with van der Waals surface area (Å²) in [5, 5.41) is 3.43. The highest BCUT2D eigenvalue weighted by molar-refractivity contribution is 6.30. The molecule has 0 radical (unpaired) electrons. The number of rotatable bonds is 3. The molecule has 6 nitrogen and oxygen atoms in total. The molecule has 1 atom stereocenters. The summed E-state index contributed by atoms with van der Waals surface area (Å²) < 4.78 is 5.78. The van der Waals surface area contributed by atoms with Gasteiger partial charge in [0.15, 0.2) is 0 Å². The van der Waals surface area contributed by atoms with E-state index in [0.717, 1.165) is 29.7 Å². The van der Waals surface area contributed by atoms with Crippen molar-refractivity contribution in [3.8, 4) is 6.01 Å². The molecular formula is C18H21ClN4O2. The van der Waals surface area contributed by atoms with E-state index in [-0.39, 0.29) is 18.1 Å². The van der Waals surface area contributed by atoms with Crippen molar-refractivity contribution < 1.29 is 9.53 Å². The van der Waals surface area contributed by atoms with Gasteiger partial charge in [0.05, 0.1) is 24.0 Å². The van der Waals surface area contributed by atoms with Gasteiger partial charge in [-0.2, -0.15) is 0 Å². The molecule has 2 aromatic rings. The fourth-order valence-corrected chi connectivity index (χ4v) is 3.08. The van der Waals surface area contributed by atoms with Crippen LogP contribution in [0.15, 0.2) is 30.6 Å². The summed E-state index contributed by atoms with van der Waals surface area (Å²) in [7, 11) is 0. The molecule has 132 valence electrons. The van der Waals surface area contributed by atoms with Gasteiger partial charge in [-0.25, -0.2) is 14.8 Å². The predicted octanol–water partition coefficient (Wildman–Crippen LogP) is 3.82. The Labute approximate surface area is 152 Å². The fourth-order valence-electron chi connectivity index (χ4n) is 2.98. The van der Waals surface area contributed by atoms with E-state index in [1.807, 2.05) is 26.0 Å². The molecule has 2 amide bonds. The van der Waals surface area contributed by atoms with E-state index >= 15 is 0 Å². The number of amides is 2. The summed E-state index contributed by atoms with van der Waals surface area (Å²) in [6, 6.07) is 6.17. The van der Waals surface area contributed by atoms with E-state index in [0.29, 0.717) is 18.1 Å². The maximum absolute atomic E-state index is 12.5. The molecule has 0 bridgehead atoms. The van der Waals surface area contributed by atoms with Gasteiger partial charge in [0.2, 0.25) is 0 Å². The standard InChI is InChI=1S/C18H21ClN4O2/c1-12-6-13(2)8-15(7-12)22-18(24)23-5-3-4-16(11-23)25-17-20-9-14(19)10-21-17/h6-10,16H,3-5,11H2,1-2H3,(H,22,24). The Balaban J connectivity index is 1.60. The lowest BCUT2D eigenvalue weighted by molar-refractivity contribution is 0.0983. The Morgan fingerprint density at radius 2 is 1.92 bits per heavy atom. The second-order valence-electron chi connectivity index (χ2n) is 6.32. The zero-order valence-corrected chi connectivity index (χ0v) is 15.1. The number of nitrogens with one attached hydrogen (secondary N) is 1. The number of hydrogen-bond acceptors (Lipinski definition) is 4. The predicted molar refractivity (Wildman–Crippen MR) is 97.2 cm³/mol. The number of urea groups is 1. The first-order valence-electron chi connectivity index (χ1n) is 8.28. The minimum absolute atomic E-state index is 0.115. The maximum Gasteiger partial charge on any atom is 0.321 e. The van der Waals surface area contributed by atoms with E-state index in [2.05, 4.69) is 21.4 Å². The van der Waals surface area contributed by atoms with Crippen LogP contribution < -0.4 is 10.1 Å².